The maximum absolute atomic E-state index is 13.3. The highest BCUT2D eigenvalue weighted by atomic mass is 32.2. The molecular formula is C19H25N7O2S. The van der Waals surface area contributed by atoms with Crippen LogP contribution in [0, 0.1) is 19.8 Å². The van der Waals surface area contributed by atoms with Crippen molar-refractivity contribution in [2.45, 2.75) is 45.1 Å². The van der Waals surface area contributed by atoms with E-state index in [-0.39, 0.29) is 6.54 Å². The number of aromatic nitrogens is 6. The molecule has 2 aromatic heterocycles. The molecule has 1 fully saturated rings. The van der Waals surface area contributed by atoms with Crippen LogP contribution >= 0.6 is 0 Å². The van der Waals surface area contributed by atoms with Crippen molar-refractivity contribution in [1.82, 2.24) is 34.3 Å². The predicted octanol–water partition coefficient (Wildman–Crippen LogP) is 1.94. The molecule has 0 atom stereocenters. The van der Waals surface area contributed by atoms with Crippen molar-refractivity contribution in [2.24, 2.45) is 5.92 Å². The fourth-order valence-electron chi connectivity index (χ4n) is 3.77. The highest BCUT2D eigenvalue weighted by molar-refractivity contribution is 7.89. The van der Waals surface area contributed by atoms with Crippen molar-refractivity contribution in [3.05, 3.63) is 47.5 Å². The summed E-state index contributed by atoms with van der Waals surface area (Å²) in [6.45, 7) is 7.08. The van der Waals surface area contributed by atoms with E-state index in [1.165, 1.54) is 0 Å². The molecule has 0 unspecified atom stereocenters. The Bertz CT molecular complexity index is 1100. The van der Waals surface area contributed by atoms with Gasteiger partial charge in [-0.15, -0.1) is 5.10 Å². The van der Waals surface area contributed by atoms with Gasteiger partial charge in [0, 0.05) is 13.1 Å². The van der Waals surface area contributed by atoms with Crippen LogP contribution in [-0.2, 0) is 16.6 Å². The van der Waals surface area contributed by atoms with Crippen LogP contribution in [0.25, 0.3) is 5.69 Å². The average Bonchev–Trinajstić information content (AvgIpc) is 3.27. The number of sulfonamides is 1. The molecule has 154 valence electrons. The second kappa shape index (κ2) is 7.68. The van der Waals surface area contributed by atoms with Crippen LogP contribution in [0.5, 0.6) is 0 Å². The summed E-state index contributed by atoms with van der Waals surface area (Å²) in [5, 5.41) is 16.4. The monoisotopic (exact) mass is 415 g/mol. The molecule has 10 heteroatoms. The smallest absolute Gasteiger partial charge is 0.246 e. The Morgan fingerprint density at radius 3 is 2.48 bits per heavy atom. The van der Waals surface area contributed by atoms with Gasteiger partial charge in [0.05, 0.1) is 17.1 Å². The number of tetrazole rings is 1. The largest absolute Gasteiger partial charge is 0.260 e. The molecule has 0 radical (unpaired) electrons. The van der Waals surface area contributed by atoms with Crippen LogP contribution in [-0.4, -0.2) is 55.8 Å². The maximum atomic E-state index is 13.3. The average molecular weight is 416 g/mol. The number of para-hydroxylation sites is 1. The first-order valence-electron chi connectivity index (χ1n) is 9.74. The van der Waals surface area contributed by atoms with E-state index in [0.717, 1.165) is 18.5 Å². The van der Waals surface area contributed by atoms with E-state index >= 15 is 0 Å². The summed E-state index contributed by atoms with van der Waals surface area (Å²) >= 11 is 0. The lowest BCUT2D eigenvalue weighted by molar-refractivity contribution is 0.288. The van der Waals surface area contributed by atoms with Gasteiger partial charge in [-0.3, -0.25) is 4.68 Å². The molecule has 0 bridgehead atoms. The molecule has 1 saturated heterocycles. The Kier molecular flexibility index (Phi) is 5.22. The van der Waals surface area contributed by atoms with E-state index in [0.29, 0.717) is 41.1 Å². The number of rotatable bonds is 5. The number of hydrogen-bond donors (Lipinski definition) is 0. The van der Waals surface area contributed by atoms with Crippen LogP contribution < -0.4 is 0 Å². The Labute approximate surface area is 170 Å². The van der Waals surface area contributed by atoms with Crippen molar-refractivity contribution in [3.8, 4) is 5.69 Å². The van der Waals surface area contributed by atoms with E-state index in [1.807, 2.05) is 30.3 Å². The van der Waals surface area contributed by atoms with Crippen LogP contribution in [0.2, 0.25) is 0 Å². The molecule has 0 spiro atoms. The van der Waals surface area contributed by atoms with Crippen molar-refractivity contribution in [2.75, 3.05) is 13.1 Å². The van der Waals surface area contributed by atoms with E-state index < -0.39 is 10.0 Å². The molecular weight excluding hydrogens is 390 g/mol. The molecule has 0 aliphatic carbocycles. The zero-order valence-electron chi connectivity index (χ0n) is 16.9. The van der Waals surface area contributed by atoms with Gasteiger partial charge in [0.25, 0.3) is 0 Å². The van der Waals surface area contributed by atoms with Crippen molar-refractivity contribution >= 4 is 10.0 Å². The first-order valence-corrected chi connectivity index (χ1v) is 11.2. The summed E-state index contributed by atoms with van der Waals surface area (Å²) in [6, 6.07) is 9.57. The fraction of sp³-hybridized carbons (Fsp3) is 0.474. The number of nitrogens with zero attached hydrogens (tertiary/aromatic N) is 7. The molecule has 9 nitrogen and oxygen atoms in total. The Morgan fingerprint density at radius 2 is 1.79 bits per heavy atom. The van der Waals surface area contributed by atoms with Crippen molar-refractivity contribution < 1.29 is 8.42 Å². The number of aryl methyl sites for hydroxylation is 1. The summed E-state index contributed by atoms with van der Waals surface area (Å²) in [5.74, 6) is 1.14. The maximum Gasteiger partial charge on any atom is 0.246 e. The third-order valence-electron chi connectivity index (χ3n) is 5.48. The zero-order chi connectivity index (χ0) is 20.6. The first kappa shape index (κ1) is 19.7. The van der Waals surface area contributed by atoms with Gasteiger partial charge in [-0.1, -0.05) is 25.1 Å². The molecule has 0 saturated carbocycles. The normalized spacial score (nSPS) is 16.4. The van der Waals surface area contributed by atoms with Crippen molar-refractivity contribution in [3.63, 3.8) is 0 Å². The standard InChI is InChI=1S/C19H25N7O2S/c1-14-9-11-24(12-10-14)29(27,28)19-15(2)21-25(16(19)3)13-18-20-22-23-26(18)17-7-5-4-6-8-17/h4-8,14H,9-13H2,1-3H3. The van der Waals surface area contributed by atoms with Gasteiger partial charge in [0.1, 0.15) is 11.4 Å². The lowest BCUT2D eigenvalue weighted by atomic mass is 10.0. The van der Waals surface area contributed by atoms with Crippen LogP contribution in [0.3, 0.4) is 0 Å². The van der Waals surface area contributed by atoms with Gasteiger partial charge in [-0.2, -0.15) is 14.1 Å². The van der Waals surface area contributed by atoms with Crippen LogP contribution in [0.1, 0.15) is 37.0 Å². The molecule has 0 amide bonds. The van der Waals surface area contributed by atoms with Gasteiger partial charge >= 0.3 is 0 Å². The molecule has 3 heterocycles. The topological polar surface area (TPSA) is 98.8 Å². The summed E-state index contributed by atoms with van der Waals surface area (Å²) in [4.78, 5) is 0.297. The van der Waals surface area contributed by atoms with Crippen LogP contribution in [0.4, 0.5) is 0 Å². The second-order valence-corrected chi connectivity index (χ2v) is 9.46. The van der Waals surface area contributed by atoms with E-state index in [4.69, 9.17) is 0 Å². The van der Waals surface area contributed by atoms with E-state index in [1.54, 1.807) is 27.5 Å². The van der Waals surface area contributed by atoms with E-state index in [2.05, 4.69) is 27.5 Å². The Morgan fingerprint density at radius 1 is 1.10 bits per heavy atom. The first-order chi connectivity index (χ1) is 13.9. The molecule has 1 aliphatic rings. The number of hydrogen-bond acceptors (Lipinski definition) is 6. The lowest BCUT2D eigenvalue weighted by Crippen LogP contribution is -2.38. The highest BCUT2D eigenvalue weighted by Crippen LogP contribution is 2.27. The predicted molar refractivity (Wildman–Crippen MR) is 107 cm³/mol. The molecule has 1 aromatic carbocycles. The summed E-state index contributed by atoms with van der Waals surface area (Å²) < 4.78 is 31.4. The van der Waals surface area contributed by atoms with E-state index in [9.17, 15) is 8.42 Å². The Hall–Kier alpha value is -2.59. The molecule has 3 aromatic rings. The summed E-state index contributed by atoms with van der Waals surface area (Å²) in [6.07, 6.45) is 1.77. The molecule has 4 rings (SSSR count). The van der Waals surface area contributed by atoms with Crippen molar-refractivity contribution in [1.29, 1.82) is 0 Å². The van der Waals surface area contributed by atoms with Crippen LogP contribution in [0.15, 0.2) is 35.2 Å². The Balaban J connectivity index is 1.65. The van der Waals surface area contributed by atoms with Gasteiger partial charge in [0.15, 0.2) is 5.82 Å². The zero-order valence-corrected chi connectivity index (χ0v) is 17.7. The minimum Gasteiger partial charge on any atom is -0.260 e. The van der Waals surface area contributed by atoms with Gasteiger partial charge in [0.2, 0.25) is 10.0 Å². The molecule has 0 N–H and O–H groups in total. The summed E-state index contributed by atoms with van der Waals surface area (Å²) in [5.41, 5.74) is 1.94. The number of benzene rings is 1. The third-order valence-corrected chi connectivity index (χ3v) is 7.63. The van der Waals surface area contributed by atoms with Gasteiger partial charge in [-0.05, 0) is 55.2 Å². The van der Waals surface area contributed by atoms with Gasteiger partial charge < -0.3 is 0 Å². The number of piperidine rings is 1. The fourth-order valence-corrected chi connectivity index (χ4v) is 5.61. The third kappa shape index (κ3) is 3.69. The minimum atomic E-state index is -3.58. The lowest BCUT2D eigenvalue weighted by Gasteiger charge is -2.29. The molecule has 1 aliphatic heterocycles. The summed E-state index contributed by atoms with van der Waals surface area (Å²) in [7, 11) is -3.58. The van der Waals surface area contributed by atoms with Gasteiger partial charge in [-0.25, -0.2) is 8.42 Å². The quantitative estimate of drug-likeness (QED) is 0.632. The second-order valence-electron chi connectivity index (χ2n) is 7.59. The molecule has 29 heavy (non-hydrogen) atoms. The SMILES string of the molecule is Cc1nn(Cc2nnnn2-c2ccccc2)c(C)c1S(=O)(=O)N1CCC(C)CC1. The minimum absolute atomic E-state index is 0.279. The highest BCUT2D eigenvalue weighted by Gasteiger charge is 2.33.